The van der Waals surface area contributed by atoms with Crippen LogP contribution in [0.2, 0.25) is 0 Å². The molecule has 0 saturated carbocycles. The lowest BCUT2D eigenvalue weighted by molar-refractivity contribution is -0.186. The van der Waals surface area contributed by atoms with E-state index in [1.54, 1.807) is 4.90 Å². The summed E-state index contributed by atoms with van der Waals surface area (Å²) in [6.07, 6.45) is -3.43. The molecular weight excluding hydrogens is 207 g/mol. The quantitative estimate of drug-likeness (QED) is 0.760. The van der Waals surface area contributed by atoms with Crippen molar-refractivity contribution >= 4 is 0 Å². The standard InChI is InChI=1S/C9H14F3N3/c10-9(11,12)7-2-1-3-15(5-7)6-8(14)4-13/h7-8H,1-3,5-6,14H2. The minimum absolute atomic E-state index is 0.0289. The molecule has 1 rings (SSSR count). The van der Waals surface area contributed by atoms with E-state index in [0.29, 0.717) is 13.0 Å². The van der Waals surface area contributed by atoms with Gasteiger partial charge in [-0.3, -0.25) is 0 Å². The van der Waals surface area contributed by atoms with E-state index in [4.69, 9.17) is 11.0 Å². The molecule has 0 aliphatic carbocycles. The average Bonchev–Trinajstić information content (AvgIpc) is 2.17. The first kappa shape index (κ1) is 12.3. The number of nitriles is 1. The van der Waals surface area contributed by atoms with Gasteiger partial charge in [-0.25, -0.2) is 0 Å². The zero-order valence-electron chi connectivity index (χ0n) is 8.30. The van der Waals surface area contributed by atoms with E-state index in [9.17, 15) is 13.2 Å². The van der Waals surface area contributed by atoms with Crippen LogP contribution in [0.3, 0.4) is 0 Å². The molecule has 0 radical (unpaired) electrons. The topological polar surface area (TPSA) is 53.1 Å². The second-order valence-corrected chi connectivity index (χ2v) is 3.88. The number of halogens is 3. The maximum absolute atomic E-state index is 12.4. The van der Waals surface area contributed by atoms with Gasteiger partial charge in [-0.2, -0.15) is 18.4 Å². The van der Waals surface area contributed by atoms with Crippen molar-refractivity contribution in [1.29, 1.82) is 5.26 Å². The Morgan fingerprint density at radius 3 is 2.73 bits per heavy atom. The third kappa shape index (κ3) is 3.68. The largest absolute Gasteiger partial charge is 0.393 e. The van der Waals surface area contributed by atoms with Crippen molar-refractivity contribution in [3.8, 4) is 6.07 Å². The summed E-state index contributed by atoms with van der Waals surface area (Å²) in [7, 11) is 0. The molecular formula is C9H14F3N3. The van der Waals surface area contributed by atoms with Crippen LogP contribution in [0.15, 0.2) is 0 Å². The summed E-state index contributed by atoms with van der Waals surface area (Å²) in [5.74, 6) is -1.27. The van der Waals surface area contributed by atoms with Crippen molar-refractivity contribution < 1.29 is 13.2 Å². The first-order valence-electron chi connectivity index (χ1n) is 4.87. The SMILES string of the molecule is N#CC(N)CN1CCCC(C(F)(F)F)C1. The summed E-state index contributed by atoms with van der Waals surface area (Å²) in [5.41, 5.74) is 5.37. The van der Waals surface area contributed by atoms with Crippen molar-refractivity contribution in [3.63, 3.8) is 0 Å². The Morgan fingerprint density at radius 1 is 1.53 bits per heavy atom. The summed E-state index contributed by atoms with van der Waals surface area (Å²) in [4.78, 5) is 1.62. The highest BCUT2D eigenvalue weighted by Crippen LogP contribution is 2.32. The van der Waals surface area contributed by atoms with E-state index >= 15 is 0 Å². The Labute approximate surface area is 86.6 Å². The van der Waals surface area contributed by atoms with Crippen molar-refractivity contribution in [2.24, 2.45) is 11.7 Å². The third-order valence-corrected chi connectivity index (χ3v) is 2.59. The zero-order chi connectivity index (χ0) is 11.5. The molecule has 1 heterocycles. The molecule has 15 heavy (non-hydrogen) atoms. The minimum atomic E-state index is -4.13. The summed E-state index contributed by atoms with van der Waals surface area (Å²) in [6.45, 7) is 0.796. The van der Waals surface area contributed by atoms with Crippen LogP contribution in [0.5, 0.6) is 0 Å². The molecule has 0 spiro atoms. The maximum Gasteiger partial charge on any atom is 0.393 e. The van der Waals surface area contributed by atoms with E-state index in [-0.39, 0.29) is 19.5 Å². The molecule has 3 nitrogen and oxygen atoms in total. The zero-order valence-corrected chi connectivity index (χ0v) is 8.30. The van der Waals surface area contributed by atoms with Gasteiger partial charge in [0, 0.05) is 13.1 Å². The van der Waals surface area contributed by atoms with Crippen LogP contribution in [-0.4, -0.2) is 36.8 Å². The van der Waals surface area contributed by atoms with Gasteiger partial charge in [0.25, 0.3) is 0 Å². The van der Waals surface area contributed by atoms with Crippen LogP contribution < -0.4 is 5.73 Å². The lowest BCUT2D eigenvalue weighted by atomic mass is 9.97. The molecule has 2 atom stereocenters. The molecule has 0 aromatic heterocycles. The third-order valence-electron chi connectivity index (χ3n) is 2.59. The average molecular weight is 221 g/mol. The Kier molecular flexibility index (Phi) is 3.94. The Morgan fingerprint density at radius 2 is 2.20 bits per heavy atom. The molecule has 0 aromatic rings. The number of likely N-dealkylation sites (tertiary alicyclic amines) is 1. The van der Waals surface area contributed by atoms with Crippen LogP contribution >= 0.6 is 0 Å². The Balaban J connectivity index is 2.47. The van der Waals surface area contributed by atoms with Gasteiger partial charge in [0.05, 0.1) is 12.0 Å². The summed E-state index contributed by atoms with van der Waals surface area (Å²) in [5, 5.41) is 8.47. The van der Waals surface area contributed by atoms with Crippen molar-refractivity contribution in [1.82, 2.24) is 4.90 Å². The smallest absolute Gasteiger partial charge is 0.315 e. The second kappa shape index (κ2) is 4.81. The predicted molar refractivity (Wildman–Crippen MR) is 48.8 cm³/mol. The fraction of sp³-hybridized carbons (Fsp3) is 0.889. The van der Waals surface area contributed by atoms with Crippen LogP contribution in [0.25, 0.3) is 0 Å². The molecule has 2 unspecified atom stereocenters. The minimum Gasteiger partial charge on any atom is -0.315 e. The second-order valence-electron chi connectivity index (χ2n) is 3.88. The summed E-state index contributed by atoms with van der Waals surface area (Å²) >= 11 is 0. The molecule has 0 aromatic carbocycles. The van der Waals surface area contributed by atoms with Gasteiger partial charge in [-0.1, -0.05) is 0 Å². The summed E-state index contributed by atoms with van der Waals surface area (Å²) in [6, 6.07) is 1.12. The highest BCUT2D eigenvalue weighted by Gasteiger charge is 2.41. The number of piperidine rings is 1. The molecule has 1 saturated heterocycles. The maximum atomic E-state index is 12.4. The molecule has 0 bridgehead atoms. The first-order valence-corrected chi connectivity index (χ1v) is 4.87. The lowest BCUT2D eigenvalue weighted by Gasteiger charge is -2.34. The van der Waals surface area contributed by atoms with Crippen molar-refractivity contribution in [2.75, 3.05) is 19.6 Å². The number of alkyl halides is 3. The fourth-order valence-corrected chi connectivity index (χ4v) is 1.81. The van der Waals surface area contributed by atoms with Gasteiger partial charge >= 0.3 is 6.18 Å². The molecule has 1 aliphatic rings. The van der Waals surface area contributed by atoms with Gasteiger partial charge < -0.3 is 10.6 Å². The predicted octanol–water partition coefficient (Wildman–Crippen LogP) is 1.11. The van der Waals surface area contributed by atoms with Gasteiger partial charge in [0.2, 0.25) is 0 Å². The molecule has 1 aliphatic heterocycles. The van der Waals surface area contributed by atoms with Gasteiger partial charge in [-0.15, -0.1) is 0 Å². The van der Waals surface area contributed by atoms with Gasteiger partial charge in [0.15, 0.2) is 0 Å². The first-order chi connectivity index (χ1) is 6.93. The Bertz CT molecular complexity index is 246. The van der Waals surface area contributed by atoms with Gasteiger partial charge in [0.1, 0.15) is 6.04 Å². The summed E-state index contributed by atoms with van der Waals surface area (Å²) < 4.78 is 37.2. The van der Waals surface area contributed by atoms with Crippen molar-refractivity contribution in [3.05, 3.63) is 0 Å². The highest BCUT2D eigenvalue weighted by molar-refractivity contribution is 4.90. The van der Waals surface area contributed by atoms with E-state index in [2.05, 4.69) is 0 Å². The monoisotopic (exact) mass is 221 g/mol. The molecule has 1 fully saturated rings. The molecule has 0 amide bonds. The number of hydrogen-bond acceptors (Lipinski definition) is 3. The number of nitrogens with zero attached hydrogens (tertiary/aromatic N) is 2. The lowest BCUT2D eigenvalue weighted by Crippen LogP contribution is -2.46. The van der Waals surface area contributed by atoms with E-state index < -0.39 is 18.1 Å². The molecule has 86 valence electrons. The van der Waals surface area contributed by atoms with Crippen LogP contribution in [0.4, 0.5) is 13.2 Å². The van der Waals surface area contributed by atoms with Crippen molar-refractivity contribution in [2.45, 2.75) is 25.1 Å². The van der Waals surface area contributed by atoms with Crippen LogP contribution in [-0.2, 0) is 0 Å². The van der Waals surface area contributed by atoms with Crippen LogP contribution in [0, 0.1) is 17.2 Å². The van der Waals surface area contributed by atoms with E-state index in [0.717, 1.165) is 0 Å². The molecule has 6 heteroatoms. The fourth-order valence-electron chi connectivity index (χ4n) is 1.81. The van der Waals surface area contributed by atoms with E-state index in [1.165, 1.54) is 0 Å². The number of hydrogen-bond donors (Lipinski definition) is 1. The van der Waals surface area contributed by atoms with E-state index in [1.807, 2.05) is 6.07 Å². The molecule has 2 N–H and O–H groups in total. The number of nitrogens with two attached hydrogens (primary N) is 1. The Hall–Kier alpha value is -0.800. The van der Waals surface area contributed by atoms with Crippen LogP contribution in [0.1, 0.15) is 12.8 Å². The normalized spacial score (nSPS) is 25.9. The van der Waals surface area contributed by atoms with Gasteiger partial charge in [-0.05, 0) is 19.4 Å². The number of rotatable bonds is 2. The highest BCUT2D eigenvalue weighted by atomic mass is 19.4.